The molecule has 0 spiro atoms. The summed E-state index contributed by atoms with van der Waals surface area (Å²) in [6.07, 6.45) is 14.2. The average molecular weight is 362 g/mol. The van der Waals surface area contributed by atoms with E-state index in [1.165, 1.54) is 64.5 Å². The number of fused-ring (bicyclic) bond motifs is 2. The molecule has 148 valence electrons. The van der Waals surface area contributed by atoms with Crippen LogP contribution in [-0.4, -0.2) is 54.5 Å². The monoisotopic (exact) mass is 361 g/mol. The lowest BCUT2D eigenvalue weighted by atomic mass is 9.65. The predicted octanol–water partition coefficient (Wildman–Crippen LogP) is 3.25. The molecule has 2 atom stereocenters. The summed E-state index contributed by atoms with van der Waals surface area (Å²) in [7, 11) is 0. The Kier molecular flexibility index (Phi) is 6.20. The lowest BCUT2D eigenvalue weighted by Gasteiger charge is -2.44. The number of carbonyl (C=O) groups is 1. The summed E-state index contributed by atoms with van der Waals surface area (Å²) in [4.78, 5) is 18.1. The van der Waals surface area contributed by atoms with Crippen molar-refractivity contribution in [1.29, 1.82) is 0 Å². The first-order valence-electron chi connectivity index (χ1n) is 11.5. The largest absolute Gasteiger partial charge is 0.341 e. The van der Waals surface area contributed by atoms with Gasteiger partial charge in [0.2, 0.25) is 5.91 Å². The maximum absolute atomic E-state index is 13.2. The Morgan fingerprint density at radius 2 is 1.54 bits per heavy atom. The Morgan fingerprint density at radius 1 is 0.808 bits per heavy atom. The van der Waals surface area contributed by atoms with Gasteiger partial charge in [0, 0.05) is 38.1 Å². The van der Waals surface area contributed by atoms with Gasteiger partial charge in [-0.3, -0.25) is 4.79 Å². The van der Waals surface area contributed by atoms with Crippen molar-refractivity contribution in [1.82, 2.24) is 9.80 Å². The molecule has 26 heavy (non-hydrogen) atoms. The summed E-state index contributed by atoms with van der Waals surface area (Å²) in [5, 5.41) is 0. The molecule has 1 amide bonds. The third-order valence-electron chi connectivity index (χ3n) is 7.90. The molecule has 1 aliphatic heterocycles. The van der Waals surface area contributed by atoms with Gasteiger partial charge in [-0.15, -0.1) is 0 Å². The normalized spacial score (nSPS) is 37.3. The van der Waals surface area contributed by atoms with Crippen molar-refractivity contribution >= 4 is 5.91 Å². The molecule has 3 aliphatic carbocycles. The van der Waals surface area contributed by atoms with Crippen molar-refractivity contribution in [3.05, 3.63) is 0 Å². The van der Waals surface area contributed by atoms with Crippen molar-refractivity contribution in [2.24, 2.45) is 29.4 Å². The summed E-state index contributed by atoms with van der Waals surface area (Å²) in [6.45, 7) is 5.45. The molecule has 3 saturated carbocycles. The van der Waals surface area contributed by atoms with E-state index in [1.54, 1.807) is 0 Å². The molecule has 4 fully saturated rings. The van der Waals surface area contributed by atoms with Crippen LogP contribution in [0.25, 0.3) is 0 Å². The van der Waals surface area contributed by atoms with Gasteiger partial charge in [-0.25, -0.2) is 0 Å². The third kappa shape index (κ3) is 4.27. The Balaban J connectivity index is 1.29. The summed E-state index contributed by atoms with van der Waals surface area (Å²) >= 11 is 0. The fourth-order valence-corrected chi connectivity index (χ4v) is 6.36. The molecule has 4 heteroatoms. The van der Waals surface area contributed by atoms with Gasteiger partial charge < -0.3 is 15.5 Å². The fraction of sp³-hybridized carbons (Fsp3) is 0.955. The number of nitrogens with two attached hydrogens (primary N) is 1. The quantitative estimate of drug-likeness (QED) is 0.839. The first-order chi connectivity index (χ1) is 12.7. The minimum absolute atomic E-state index is 0.259. The zero-order valence-electron chi connectivity index (χ0n) is 16.6. The second-order valence-corrected chi connectivity index (χ2v) is 9.68. The summed E-state index contributed by atoms with van der Waals surface area (Å²) < 4.78 is 0. The van der Waals surface area contributed by atoms with Crippen LogP contribution in [0.1, 0.15) is 70.6 Å². The second-order valence-electron chi connectivity index (χ2n) is 9.68. The second kappa shape index (κ2) is 8.60. The summed E-state index contributed by atoms with van der Waals surface area (Å²) in [6, 6.07) is 0.364. The van der Waals surface area contributed by atoms with E-state index in [4.69, 9.17) is 5.73 Å². The maximum atomic E-state index is 13.2. The highest BCUT2D eigenvalue weighted by atomic mass is 16.2. The van der Waals surface area contributed by atoms with E-state index >= 15 is 0 Å². The lowest BCUT2D eigenvalue weighted by molar-refractivity contribution is -0.138. The van der Waals surface area contributed by atoms with Crippen molar-refractivity contribution in [2.45, 2.75) is 76.7 Å². The lowest BCUT2D eigenvalue weighted by Crippen LogP contribution is -2.50. The Hall–Kier alpha value is -0.610. The van der Waals surface area contributed by atoms with E-state index in [-0.39, 0.29) is 5.92 Å². The van der Waals surface area contributed by atoms with Crippen LogP contribution in [0.2, 0.25) is 0 Å². The molecule has 1 heterocycles. The van der Waals surface area contributed by atoms with Gasteiger partial charge >= 0.3 is 0 Å². The Morgan fingerprint density at radius 3 is 2.27 bits per heavy atom. The molecule has 1 saturated heterocycles. The van der Waals surface area contributed by atoms with Crippen molar-refractivity contribution < 1.29 is 4.79 Å². The molecule has 0 radical (unpaired) electrons. The van der Waals surface area contributed by atoms with Crippen LogP contribution in [0.5, 0.6) is 0 Å². The van der Waals surface area contributed by atoms with Gasteiger partial charge in [0.1, 0.15) is 0 Å². The highest BCUT2D eigenvalue weighted by molar-refractivity contribution is 5.79. The van der Waals surface area contributed by atoms with E-state index in [0.717, 1.165) is 44.8 Å². The van der Waals surface area contributed by atoms with E-state index in [1.807, 2.05) is 0 Å². The number of rotatable bonds is 3. The number of nitrogens with zero attached hydrogens (tertiary/aromatic N) is 2. The van der Waals surface area contributed by atoms with Gasteiger partial charge in [0.05, 0.1) is 0 Å². The molecule has 2 unspecified atom stereocenters. The minimum Gasteiger partial charge on any atom is -0.341 e. The van der Waals surface area contributed by atoms with Crippen LogP contribution < -0.4 is 5.73 Å². The van der Waals surface area contributed by atoms with E-state index < -0.39 is 0 Å². The number of hydrogen-bond donors (Lipinski definition) is 1. The fourth-order valence-electron chi connectivity index (χ4n) is 6.36. The SMILES string of the molecule is NC1C2CCCC1CC(C(=O)N1CCCN(CC3CCCCC3)CC1)C2. The van der Waals surface area contributed by atoms with E-state index in [9.17, 15) is 4.79 Å². The molecule has 0 aromatic carbocycles. The average Bonchev–Trinajstić information content (AvgIpc) is 2.87. The first-order valence-corrected chi connectivity index (χ1v) is 11.5. The number of hydrogen-bond acceptors (Lipinski definition) is 3. The van der Waals surface area contributed by atoms with Crippen molar-refractivity contribution in [3.63, 3.8) is 0 Å². The van der Waals surface area contributed by atoms with Gasteiger partial charge in [-0.1, -0.05) is 25.7 Å². The molecule has 0 aromatic rings. The van der Waals surface area contributed by atoms with Crippen molar-refractivity contribution in [2.75, 3.05) is 32.7 Å². The molecule has 2 N–H and O–H groups in total. The topological polar surface area (TPSA) is 49.6 Å². The first kappa shape index (κ1) is 18.7. The van der Waals surface area contributed by atoms with Crippen LogP contribution >= 0.6 is 0 Å². The Bertz CT molecular complexity index is 462. The highest BCUT2D eigenvalue weighted by Crippen LogP contribution is 2.42. The van der Waals surface area contributed by atoms with Gasteiger partial charge in [-0.2, -0.15) is 0 Å². The number of amides is 1. The standard InChI is InChI=1S/C22H39N3O/c23-21-18-8-4-9-19(21)15-20(14-18)22(26)25-11-5-10-24(12-13-25)16-17-6-2-1-3-7-17/h17-21H,1-16,23H2. The molecule has 0 aromatic heterocycles. The van der Waals surface area contributed by atoms with Crippen molar-refractivity contribution in [3.8, 4) is 0 Å². The minimum atomic E-state index is 0.259. The van der Waals surface area contributed by atoms with Crippen LogP contribution in [0.15, 0.2) is 0 Å². The Labute approximate surface area is 159 Å². The summed E-state index contributed by atoms with van der Waals surface area (Å²) in [5.41, 5.74) is 6.43. The van der Waals surface area contributed by atoms with E-state index in [0.29, 0.717) is 23.8 Å². The van der Waals surface area contributed by atoms with Crippen LogP contribution in [0.3, 0.4) is 0 Å². The van der Waals surface area contributed by atoms with Crippen LogP contribution in [-0.2, 0) is 4.79 Å². The molecule has 4 nitrogen and oxygen atoms in total. The van der Waals surface area contributed by atoms with Crippen LogP contribution in [0, 0.1) is 23.7 Å². The van der Waals surface area contributed by atoms with Gasteiger partial charge in [0.15, 0.2) is 0 Å². The maximum Gasteiger partial charge on any atom is 0.225 e. The van der Waals surface area contributed by atoms with E-state index in [2.05, 4.69) is 9.80 Å². The highest BCUT2D eigenvalue weighted by Gasteiger charge is 2.41. The molecular weight excluding hydrogens is 322 g/mol. The zero-order chi connectivity index (χ0) is 17.9. The number of carbonyl (C=O) groups excluding carboxylic acids is 1. The van der Waals surface area contributed by atoms with Gasteiger partial charge in [-0.05, 0) is 69.2 Å². The molecular formula is C22H39N3O. The third-order valence-corrected chi connectivity index (χ3v) is 7.90. The van der Waals surface area contributed by atoms with Gasteiger partial charge in [0.25, 0.3) is 0 Å². The predicted molar refractivity (Wildman–Crippen MR) is 106 cm³/mol. The molecule has 4 rings (SSSR count). The smallest absolute Gasteiger partial charge is 0.225 e. The molecule has 2 bridgehead atoms. The summed E-state index contributed by atoms with van der Waals surface area (Å²) in [5.74, 6) is 2.82. The zero-order valence-corrected chi connectivity index (χ0v) is 16.6. The molecule has 4 aliphatic rings. The van der Waals surface area contributed by atoms with Crippen LogP contribution in [0.4, 0.5) is 0 Å².